The normalized spacial score (nSPS) is 24.9. The maximum absolute atomic E-state index is 12.6. The summed E-state index contributed by atoms with van der Waals surface area (Å²) in [5, 5.41) is 3.67. The lowest BCUT2D eigenvalue weighted by Gasteiger charge is -2.32. The number of hydrogen-bond acceptors (Lipinski definition) is 5. The second-order valence-electron chi connectivity index (χ2n) is 7.60. The average molecular weight is 396 g/mol. The van der Waals surface area contributed by atoms with Crippen molar-refractivity contribution in [1.82, 2.24) is 0 Å². The Morgan fingerprint density at radius 1 is 1.22 bits per heavy atom. The van der Waals surface area contributed by atoms with Gasteiger partial charge in [0.05, 0.1) is 25.1 Å². The molecule has 1 amide bonds. The van der Waals surface area contributed by atoms with Crippen molar-refractivity contribution in [2.45, 2.75) is 65.1 Å². The Morgan fingerprint density at radius 2 is 1.93 bits per heavy atom. The molecule has 0 spiro atoms. The van der Waals surface area contributed by atoms with Crippen molar-refractivity contribution in [3.63, 3.8) is 0 Å². The van der Waals surface area contributed by atoms with E-state index in [1.807, 2.05) is 6.92 Å². The van der Waals surface area contributed by atoms with E-state index in [1.165, 1.54) is 9.78 Å². The molecule has 0 bridgehead atoms. The van der Waals surface area contributed by atoms with Crippen LogP contribution < -0.4 is 10.2 Å². The molecule has 1 saturated heterocycles. The van der Waals surface area contributed by atoms with Gasteiger partial charge in [-0.3, -0.25) is 4.79 Å². The Balaban J connectivity index is 1.65. The van der Waals surface area contributed by atoms with Gasteiger partial charge in [-0.1, -0.05) is 0 Å². The molecule has 27 heavy (non-hydrogen) atoms. The van der Waals surface area contributed by atoms with Gasteiger partial charge in [0, 0.05) is 4.88 Å². The Kier molecular flexibility index (Phi) is 6.89. The molecule has 1 aromatic heterocycles. The quantitative estimate of drug-likeness (QED) is 0.721. The van der Waals surface area contributed by atoms with Gasteiger partial charge in [0.1, 0.15) is 30.3 Å². The summed E-state index contributed by atoms with van der Waals surface area (Å²) >= 11 is 1.55. The van der Waals surface area contributed by atoms with Gasteiger partial charge >= 0.3 is 5.97 Å². The zero-order chi connectivity index (χ0) is 19.4. The largest absolute Gasteiger partial charge is 0.462 e. The molecule has 2 N–H and O–H groups in total. The van der Waals surface area contributed by atoms with E-state index in [0.717, 1.165) is 50.9 Å². The van der Waals surface area contributed by atoms with E-state index < -0.39 is 0 Å². The van der Waals surface area contributed by atoms with E-state index in [-0.39, 0.29) is 24.1 Å². The third kappa shape index (κ3) is 5.09. The maximum Gasteiger partial charge on any atom is 0.341 e. The minimum Gasteiger partial charge on any atom is -0.462 e. The first-order valence-electron chi connectivity index (χ1n) is 10.1. The molecule has 2 atom stereocenters. The molecule has 7 heteroatoms. The lowest BCUT2D eigenvalue weighted by molar-refractivity contribution is -0.914. The van der Waals surface area contributed by atoms with Crippen molar-refractivity contribution in [1.29, 1.82) is 0 Å². The Bertz CT molecular complexity index is 678. The number of morpholine rings is 1. The summed E-state index contributed by atoms with van der Waals surface area (Å²) in [6.07, 6.45) is 5.00. The summed E-state index contributed by atoms with van der Waals surface area (Å²) in [5.74, 6) is -0.341. The highest BCUT2D eigenvalue weighted by Crippen LogP contribution is 2.38. The summed E-state index contributed by atoms with van der Waals surface area (Å²) in [6, 6.07) is 0. The fraction of sp³-hybridized carbons (Fsp3) is 0.700. The van der Waals surface area contributed by atoms with Gasteiger partial charge < -0.3 is 19.7 Å². The smallest absolute Gasteiger partial charge is 0.341 e. The van der Waals surface area contributed by atoms with Crippen LogP contribution in [0.3, 0.4) is 0 Å². The van der Waals surface area contributed by atoms with Crippen LogP contribution in [0.2, 0.25) is 0 Å². The molecule has 0 unspecified atom stereocenters. The first-order valence-corrected chi connectivity index (χ1v) is 10.9. The fourth-order valence-corrected chi connectivity index (χ4v) is 5.44. The van der Waals surface area contributed by atoms with E-state index >= 15 is 0 Å². The third-order valence-electron chi connectivity index (χ3n) is 5.23. The van der Waals surface area contributed by atoms with Gasteiger partial charge in [-0.2, -0.15) is 0 Å². The number of amides is 1. The van der Waals surface area contributed by atoms with Gasteiger partial charge in [-0.15, -0.1) is 11.3 Å². The monoisotopic (exact) mass is 395 g/mol. The minimum absolute atomic E-state index is 0.0292. The van der Waals surface area contributed by atoms with Gasteiger partial charge in [0.25, 0.3) is 0 Å². The summed E-state index contributed by atoms with van der Waals surface area (Å²) in [4.78, 5) is 27.7. The van der Waals surface area contributed by atoms with Crippen LogP contribution in [0.25, 0.3) is 0 Å². The van der Waals surface area contributed by atoms with Crippen molar-refractivity contribution >= 4 is 28.2 Å². The van der Waals surface area contributed by atoms with Crippen LogP contribution in [0.1, 0.15) is 60.8 Å². The number of rotatable bonds is 6. The number of fused-ring (bicyclic) bond motifs is 1. The van der Waals surface area contributed by atoms with Crippen LogP contribution in [-0.4, -0.2) is 50.3 Å². The van der Waals surface area contributed by atoms with Crippen molar-refractivity contribution in [2.24, 2.45) is 0 Å². The van der Waals surface area contributed by atoms with Gasteiger partial charge in [-0.25, -0.2) is 4.79 Å². The van der Waals surface area contributed by atoms with Crippen molar-refractivity contribution in [3.05, 3.63) is 16.0 Å². The minimum atomic E-state index is -0.311. The van der Waals surface area contributed by atoms with E-state index in [1.54, 1.807) is 11.3 Å². The van der Waals surface area contributed by atoms with E-state index in [9.17, 15) is 9.59 Å². The summed E-state index contributed by atoms with van der Waals surface area (Å²) in [6.45, 7) is 8.95. The fourth-order valence-electron chi connectivity index (χ4n) is 4.15. The van der Waals surface area contributed by atoms with Crippen molar-refractivity contribution < 1.29 is 24.0 Å². The number of nitrogens with one attached hydrogen (secondary N) is 2. The average Bonchev–Trinajstić information content (AvgIpc) is 2.97. The lowest BCUT2D eigenvalue weighted by atomic mass is 9.95. The standard InChI is InChI=1S/C20H30N2O4S/c1-4-25-20(24)18-15-7-5-6-8-16(15)27-19(18)21-17(23)9-10-22-11-13(2)26-14(3)12-22/h13-14H,4-12H2,1-3H3,(H,21,23)/p+1/t13-,14-/m1/s1. The molecular formula is C20H31N2O4S+. The van der Waals surface area contributed by atoms with E-state index in [2.05, 4.69) is 19.2 Å². The van der Waals surface area contributed by atoms with Gasteiger partial charge in [0.15, 0.2) is 0 Å². The summed E-state index contributed by atoms with van der Waals surface area (Å²) < 4.78 is 11.0. The molecule has 1 aliphatic carbocycles. The van der Waals surface area contributed by atoms with Gasteiger partial charge in [-0.05, 0) is 52.0 Å². The zero-order valence-corrected chi connectivity index (χ0v) is 17.4. The van der Waals surface area contributed by atoms with Crippen LogP contribution in [0.15, 0.2) is 0 Å². The van der Waals surface area contributed by atoms with Crippen molar-refractivity contribution in [3.8, 4) is 0 Å². The number of quaternary nitrogens is 1. The number of aryl methyl sites for hydroxylation is 1. The molecule has 1 fully saturated rings. The molecule has 0 saturated carbocycles. The van der Waals surface area contributed by atoms with Crippen molar-refractivity contribution in [2.75, 3.05) is 31.6 Å². The summed E-state index contributed by atoms with van der Waals surface area (Å²) in [5.41, 5.74) is 1.67. The van der Waals surface area contributed by atoms with E-state index in [0.29, 0.717) is 23.6 Å². The first-order chi connectivity index (χ1) is 13.0. The molecule has 1 aromatic rings. The predicted octanol–water partition coefficient (Wildman–Crippen LogP) is 1.82. The number of anilines is 1. The molecule has 0 aromatic carbocycles. The molecule has 0 radical (unpaired) electrons. The molecule has 6 nitrogen and oxygen atoms in total. The first kappa shape index (κ1) is 20.3. The third-order valence-corrected chi connectivity index (χ3v) is 6.43. The van der Waals surface area contributed by atoms with Gasteiger partial charge in [0.2, 0.25) is 5.91 Å². The molecule has 2 aliphatic rings. The van der Waals surface area contributed by atoms with Crippen LogP contribution in [-0.2, 0) is 27.1 Å². The van der Waals surface area contributed by atoms with Crippen LogP contribution in [0.4, 0.5) is 5.00 Å². The van der Waals surface area contributed by atoms with Crippen LogP contribution >= 0.6 is 11.3 Å². The zero-order valence-electron chi connectivity index (χ0n) is 16.6. The Labute approximate surface area is 165 Å². The van der Waals surface area contributed by atoms with E-state index in [4.69, 9.17) is 9.47 Å². The maximum atomic E-state index is 12.6. The topological polar surface area (TPSA) is 69.1 Å². The molecule has 3 rings (SSSR count). The Morgan fingerprint density at radius 3 is 2.63 bits per heavy atom. The molecule has 150 valence electrons. The van der Waals surface area contributed by atoms with Crippen LogP contribution in [0, 0.1) is 0 Å². The highest BCUT2D eigenvalue weighted by Gasteiger charge is 2.28. The number of thiophene rings is 1. The number of carbonyl (C=O) groups is 2. The molecular weight excluding hydrogens is 364 g/mol. The second-order valence-corrected chi connectivity index (χ2v) is 8.70. The predicted molar refractivity (Wildman–Crippen MR) is 106 cm³/mol. The highest BCUT2D eigenvalue weighted by molar-refractivity contribution is 7.17. The Hall–Kier alpha value is -1.44. The summed E-state index contributed by atoms with van der Waals surface area (Å²) in [7, 11) is 0. The number of ether oxygens (including phenoxy) is 2. The number of hydrogen-bond donors (Lipinski definition) is 2. The number of carbonyl (C=O) groups excluding carboxylic acids is 2. The van der Waals surface area contributed by atoms with Crippen LogP contribution in [0.5, 0.6) is 0 Å². The second kappa shape index (κ2) is 9.17. The number of esters is 1. The lowest BCUT2D eigenvalue weighted by Crippen LogP contribution is -3.15. The molecule has 1 aliphatic heterocycles. The SMILES string of the molecule is CCOC(=O)c1c(NC(=O)CC[NH+]2C[C@@H](C)O[C@H](C)C2)sc2c1CCCC2. The highest BCUT2D eigenvalue weighted by atomic mass is 32.1. The molecule has 2 heterocycles.